The normalized spacial score (nSPS) is 10.6. The van der Waals surface area contributed by atoms with Crippen LogP contribution in [0.4, 0.5) is 6.01 Å². The lowest BCUT2D eigenvalue weighted by atomic mass is 10.0. The summed E-state index contributed by atoms with van der Waals surface area (Å²) in [7, 11) is 0. The van der Waals surface area contributed by atoms with Crippen molar-refractivity contribution in [1.29, 1.82) is 0 Å². The zero-order valence-corrected chi connectivity index (χ0v) is 16.8. The number of rotatable bonds is 5. The standard InChI is InChI=1S/C22H13Cl2N3O3/c23-16-10-11-18(24)17(12-16)21-26-27-22(30-21)25-20(29)15-8-6-14(7-9-15)19(28)13-4-2-1-3-5-13/h1-12H,(H,25,27,29). The first kappa shape index (κ1) is 19.8. The minimum atomic E-state index is -0.457. The van der Waals surface area contributed by atoms with E-state index in [2.05, 4.69) is 15.5 Å². The van der Waals surface area contributed by atoms with Gasteiger partial charge in [-0.3, -0.25) is 14.9 Å². The zero-order valence-electron chi connectivity index (χ0n) is 15.3. The van der Waals surface area contributed by atoms with Gasteiger partial charge in [0, 0.05) is 21.7 Å². The minimum Gasteiger partial charge on any atom is -0.403 e. The van der Waals surface area contributed by atoms with Crippen molar-refractivity contribution in [2.24, 2.45) is 0 Å². The summed E-state index contributed by atoms with van der Waals surface area (Å²) < 4.78 is 5.47. The Morgan fingerprint density at radius 2 is 1.47 bits per heavy atom. The van der Waals surface area contributed by atoms with E-state index in [1.807, 2.05) is 6.07 Å². The quantitative estimate of drug-likeness (QED) is 0.415. The van der Waals surface area contributed by atoms with E-state index in [4.69, 9.17) is 27.6 Å². The second-order valence-corrected chi connectivity index (χ2v) is 7.11. The molecule has 4 rings (SSSR count). The van der Waals surface area contributed by atoms with Gasteiger partial charge in [-0.1, -0.05) is 70.8 Å². The van der Waals surface area contributed by atoms with E-state index in [-0.39, 0.29) is 17.7 Å². The first-order chi connectivity index (χ1) is 14.5. The smallest absolute Gasteiger partial charge is 0.322 e. The van der Waals surface area contributed by atoms with Gasteiger partial charge in [0.15, 0.2) is 5.78 Å². The van der Waals surface area contributed by atoms with Crippen LogP contribution in [-0.2, 0) is 0 Å². The molecule has 1 aromatic heterocycles. The number of aromatic nitrogens is 2. The molecule has 0 radical (unpaired) electrons. The molecule has 1 heterocycles. The van der Waals surface area contributed by atoms with E-state index >= 15 is 0 Å². The van der Waals surface area contributed by atoms with Crippen molar-refractivity contribution < 1.29 is 14.0 Å². The lowest BCUT2D eigenvalue weighted by Gasteiger charge is -2.04. The Morgan fingerprint density at radius 1 is 0.800 bits per heavy atom. The van der Waals surface area contributed by atoms with E-state index in [0.29, 0.717) is 32.3 Å². The Bertz CT molecular complexity index is 1220. The van der Waals surface area contributed by atoms with Crippen LogP contribution in [0.1, 0.15) is 26.3 Å². The van der Waals surface area contributed by atoms with Crippen LogP contribution in [-0.4, -0.2) is 21.9 Å². The molecular formula is C22H13Cl2N3O3. The van der Waals surface area contributed by atoms with Gasteiger partial charge in [0.25, 0.3) is 11.8 Å². The summed E-state index contributed by atoms with van der Waals surface area (Å²) in [6.07, 6.45) is 0. The molecule has 0 unspecified atom stereocenters. The number of carbonyl (C=O) groups is 2. The molecule has 0 aliphatic heterocycles. The van der Waals surface area contributed by atoms with Gasteiger partial charge in [-0.25, -0.2) is 0 Å². The highest BCUT2D eigenvalue weighted by molar-refractivity contribution is 6.35. The first-order valence-corrected chi connectivity index (χ1v) is 9.57. The van der Waals surface area contributed by atoms with Gasteiger partial charge in [0.2, 0.25) is 0 Å². The molecule has 0 aliphatic rings. The maximum atomic E-state index is 12.5. The first-order valence-electron chi connectivity index (χ1n) is 8.81. The van der Waals surface area contributed by atoms with Gasteiger partial charge in [-0.2, -0.15) is 0 Å². The number of amides is 1. The van der Waals surface area contributed by atoms with Crippen LogP contribution in [0.2, 0.25) is 10.0 Å². The number of carbonyl (C=O) groups excluding carboxylic acids is 2. The third-order valence-corrected chi connectivity index (χ3v) is 4.81. The Labute approximate surface area is 181 Å². The molecule has 0 aliphatic carbocycles. The third-order valence-electron chi connectivity index (χ3n) is 4.25. The van der Waals surface area contributed by atoms with Crippen LogP contribution >= 0.6 is 23.2 Å². The highest BCUT2D eigenvalue weighted by Crippen LogP contribution is 2.30. The predicted molar refractivity (Wildman–Crippen MR) is 114 cm³/mol. The molecular weight excluding hydrogens is 425 g/mol. The van der Waals surface area contributed by atoms with Gasteiger partial charge in [0.05, 0.1) is 10.6 Å². The second-order valence-electron chi connectivity index (χ2n) is 6.26. The Morgan fingerprint density at radius 3 is 2.20 bits per heavy atom. The van der Waals surface area contributed by atoms with Gasteiger partial charge >= 0.3 is 6.01 Å². The lowest BCUT2D eigenvalue weighted by molar-refractivity contribution is 0.101. The van der Waals surface area contributed by atoms with Crippen LogP contribution in [0.5, 0.6) is 0 Å². The van der Waals surface area contributed by atoms with Crippen molar-refractivity contribution in [2.75, 3.05) is 5.32 Å². The molecule has 4 aromatic rings. The molecule has 0 bridgehead atoms. The van der Waals surface area contributed by atoms with Crippen LogP contribution in [0, 0.1) is 0 Å². The summed E-state index contributed by atoms with van der Waals surface area (Å²) in [5, 5.41) is 11.1. The number of ketones is 1. The lowest BCUT2D eigenvalue weighted by Crippen LogP contribution is -2.12. The topological polar surface area (TPSA) is 85.1 Å². The molecule has 1 amide bonds. The fraction of sp³-hybridized carbons (Fsp3) is 0. The van der Waals surface area contributed by atoms with Crippen LogP contribution in [0.3, 0.4) is 0 Å². The largest absolute Gasteiger partial charge is 0.403 e. The van der Waals surface area contributed by atoms with Crippen LogP contribution in [0.15, 0.2) is 77.2 Å². The van der Waals surface area contributed by atoms with Gasteiger partial charge in [0.1, 0.15) is 0 Å². The monoisotopic (exact) mass is 437 g/mol. The van der Waals surface area contributed by atoms with Crippen molar-refractivity contribution in [3.8, 4) is 11.5 Å². The number of halogens is 2. The molecule has 1 N–H and O–H groups in total. The molecule has 148 valence electrons. The number of nitrogens with zero attached hydrogens (tertiary/aromatic N) is 2. The van der Waals surface area contributed by atoms with E-state index in [1.165, 1.54) is 0 Å². The van der Waals surface area contributed by atoms with Crippen LogP contribution in [0.25, 0.3) is 11.5 Å². The molecule has 30 heavy (non-hydrogen) atoms. The SMILES string of the molecule is O=C(Nc1nnc(-c2cc(Cl)ccc2Cl)o1)c1ccc(C(=O)c2ccccc2)cc1. The van der Waals surface area contributed by atoms with Crippen molar-refractivity contribution >= 4 is 40.9 Å². The highest BCUT2D eigenvalue weighted by Gasteiger charge is 2.16. The summed E-state index contributed by atoms with van der Waals surface area (Å²) in [5.74, 6) is -0.454. The van der Waals surface area contributed by atoms with Crippen molar-refractivity contribution in [2.45, 2.75) is 0 Å². The number of nitrogens with one attached hydrogen (secondary N) is 1. The number of benzene rings is 3. The Kier molecular flexibility index (Phi) is 5.61. The average Bonchev–Trinajstić information content (AvgIpc) is 3.24. The average molecular weight is 438 g/mol. The summed E-state index contributed by atoms with van der Waals surface area (Å²) in [6.45, 7) is 0. The molecule has 8 heteroatoms. The third kappa shape index (κ3) is 4.25. The molecule has 0 fully saturated rings. The van der Waals surface area contributed by atoms with Crippen LogP contribution < -0.4 is 5.32 Å². The maximum absolute atomic E-state index is 12.5. The minimum absolute atomic E-state index is 0.0875. The van der Waals surface area contributed by atoms with Crippen molar-refractivity contribution in [3.05, 3.63) is 99.5 Å². The van der Waals surface area contributed by atoms with E-state index in [0.717, 1.165) is 0 Å². The van der Waals surface area contributed by atoms with E-state index in [1.54, 1.807) is 66.7 Å². The fourth-order valence-corrected chi connectivity index (χ4v) is 3.11. The maximum Gasteiger partial charge on any atom is 0.322 e. The van der Waals surface area contributed by atoms with Gasteiger partial charge in [-0.05, 0) is 30.3 Å². The molecule has 6 nitrogen and oxygen atoms in total. The summed E-state index contributed by atoms with van der Waals surface area (Å²) in [4.78, 5) is 24.9. The highest BCUT2D eigenvalue weighted by atomic mass is 35.5. The van der Waals surface area contributed by atoms with E-state index in [9.17, 15) is 9.59 Å². The van der Waals surface area contributed by atoms with Crippen molar-refractivity contribution in [3.63, 3.8) is 0 Å². The fourth-order valence-electron chi connectivity index (χ4n) is 2.74. The molecule has 0 atom stereocenters. The zero-order chi connectivity index (χ0) is 21.1. The van der Waals surface area contributed by atoms with E-state index < -0.39 is 5.91 Å². The summed E-state index contributed by atoms with van der Waals surface area (Å²) in [5.41, 5.74) is 1.85. The van der Waals surface area contributed by atoms with Crippen molar-refractivity contribution in [1.82, 2.24) is 10.2 Å². The number of hydrogen-bond donors (Lipinski definition) is 1. The predicted octanol–water partition coefficient (Wildman–Crippen LogP) is 5.53. The molecule has 0 spiro atoms. The second kappa shape index (κ2) is 8.49. The summed E-state index contributed by atoms with van der Waals surface area (Å²) in [6, 6.07) is 19.9. The molecule has 0 saturated heterocycles. The number of anilines is 1. The van der Waals surface area contributed by atoms with Gasteiger partial charge < -0.3 is 4.42 Å². The Hall–Kier alpha value is -3.48. The summed E-state index contributed by atoms with van der Waals surface area (Å²) >= 11 is 12.1. The Balaban J connectivity index is 1.48. The number of hydrogen-bond acceptors (Lipinski definition) is 5. The molecule has 3 aromatic carbocycles. The van der Waals surface area contributed by atoms with Gasteiger partial charge in [-0.15, -0.1) is 5.10 Å². The molecule has 0 saturated carbocycles.